The molecule has 0 aliphatic heterocycles. The van der Waals surface area contributed by atoms with Crippen LogP contribution < -0.4 is 5.32 Å². The molecule has 0 aliphatic rings. The first-order chi connectivity index (χ1) is 13.3. The quantitative estimate of drug-likeness (QED) is 0.447. The number of hydrogen-bond acceptors (Lipinski definition) is 5. The predicted molar refractivity (Wildman–Crippen MR) is 99.5 cm³/mol. The Morgan fingerprint density at radius 2 is 2.00 bits per heavy atom. The summed E-state index contributed by atoms with van der Waals surface area (Å²) >= 11 is 7.13. The highest BCUT2D eigenvalue weighted by atomic mass is 35.5. The molecule has 0 fully saturated rings. The Bertz CT molecular complexity index is 1170. The van der Waals surface area contributed by atoms with Crippen LogP contribution in [0.1, 0.15) is 15.2 Å². The topological polar surface area (TPSA) is 68.0 Å². The molecule has 0 saturated heterocycles. The van der Waals surface area contributed by atoms with E-state index in [-0.39, 0.29) is 20.5 Å². The van der Waals surface area contributed by atoms with Gasteiger partial charge in [-0.25, -0.2) is 0 Å². The van der Waals surface area contributed by atoms with Crippen molar-refractivity contribution >= 4 is 44.6 Å². The van der Waals surface area contributed by atoms with Crippen molar-refractivity contribution in [1.29, 1.82) is 0 Å². The molecule has 1 N–H and O–H groups in total. The third-order valence-corrected chi connectivity index (χ3v) is 5.55. The smallest absolute Gasteiger partial charge is 0.416 e. The summed E-state index contributed by atoms with van der Waals surface area (Å²) in [6.07, 6.45) is -3.28. The molecule has 142 valence electrons. The number of anilines is 1. The second kappa shape index (κ2) is 6.92. The van der Waals surface area contributed by atoms with Gasteiger partial charge in [0.15, 0.2) is 0 Å². The maximum Gasteiger partial charge on any atom is 0.416 e. The lowest BCUT2D eigenvalue weighted by Gasteiger charge is -2.05. The second-order valence-electron chi connectivity index (χ2n) is 5.73. The Labute approximate surface area is 164 Å². The highest BCUT2D eigenvalue weighted by molar-refractivity contribution is 7.21. The van der Waals surface area contributed by atoms with Crippen molar-refractivity contribution in [2.75, 3.05) is 5.32 Å². The fourth-order valence-corrected chi connectivity index (χ4v) is 4.06. The van der Waals surface area contributed by atoms with E-state index in [2.05, 4.69) is 15.5 Å². The summed E-state index contributed by atoms with van der Waals surface area (Å²) < 4.78 is 44.1. The number of carbonyl (C=O) groups excluding carboxylic acids is 1. The molecular weight excluding hydrogens is 415 g/mol. The van der Waals surface area contributed by atoms with Gasteiger partial charge in [0.2, 0.25) is 12.3 Å². The standard InChI is InChI=1S/C18H9ClF3N3O2S/c19-14-12-5-4-10(18(20,21)22)7-13(12)28-15(14)16(26)24-11-3-1-2-9(6-11)17-25-23-8-27-17/h1-8H,(H,24,26). The third kappa shape index (κ3) is 3.46. The van der Waals surface area contributed by atoms with Crippen LogP contribution in [0.2, 0.25) is 5.02 Å². The van der Waals surface area contributed by atoms with Crippen LogP contribution in [0.4, 0.5) is 18.9 Å². The molecule has 0 atom stereocenters. The normalized spacial score (nSPS) is 11.7. The zero-order valence-corrected chi connectivity index (χ0v) is 15.3. The van der Waals surface area contributed by atoms with Gasteiger partial charge in [-0.05, 0) is 30.3 Å². The molecule has 0 bridgehead atoms. The van der Waals surface area contributed by atoms with Crippen molar-refractivity contribution in [2.24, 2.45) is 0 Å². The van der Waals surface area contributed by atoms with E-state index in [1.807, 2.05) is 0 Å². The van der Waals surface area contributed by atoms with Crippen molar-refractivity contribution in [2.45, 2.75) is 6.18 Å². The summed E-state index contributed by atoms with van der Waals surface area (Å²) in [7, 11) is 0. The second-order valence-corrected chi connectivity index (χ2v) is 7.16. The molecule has 1 amide bonds. The van der Waals surface area contributed by atoms with Gasteiger partial charge in [-0.2, -0.15) is 13.2 Å². The largest absolute Gasteiger partial charge is 0.423 e. The highest BCUT2D eigenvalue weighted by Gasteiger charge is 2.31. The number of carbonyl (C=O) groups is 1. The van der Waals surface area contributed by atoms with Crippen LogP contribution in [0.25, 0.3) is 21.5 Å². The molecule has 0 spiro atoms. The molecule has 4 aromatic rings. The van der Waals surface area contributed by atoms with Gasteiger partial charge in [0.05, 0.1) is 10.6 Å². The monoisotopic (exact) mass is 423 g/mol. The molecule has 0 aliphatic carbocycles. The molecule has 2 aromatic heterocycles. The van der Waals surface area contributed by atoms with Crippen LogP contribution in [0.3, 0.4) is 0 Å². The molecule has 10 heteroatoms. The average molecular weight is 424 g/mol. The number of aromatic nitrogens is 2. The SMILES string of the molecule is O=C(Nc1cccc(-c2nnco2)c1)c1sc2cc(C(F)(F)F)ccc2c1Cl. The summed E-state index contributed by atoms with van der Waals surface area (Å²) in [6.45, 7) is 0. The van der Waals surface area contributed by atoms with Crippen LogP contribution in [-0.2, 0) is 6.18 Å². The number of thiophene rings is 1. The van der Waals surface area contributed by atoms with Crippen molar-refractivity contribution in [3.05, 3.63) is 64.3 Å². The third-order valence-electron chi connectivity index (χ3n) is 3.89. The fraction of sp³-hybridized carbons (Fsp3) is 0.0556. The van der Waals surface area contributed by atoms with Crippen LogP contribution in [0.5, 0.6) is 0 Å². The van der Waals surface area contributed by atoms with E-state index in [4.69, 9.17) is 16.0 Å². The van der Waals surface area contributed by atoms with Crippen LogP contribution >= 0.6 is 22.9 Å². The first-order valence-electron chi connectivity index (χ1n) is 7.80. The summed E-state index contributed by atoms with van der Waals surface area (Å²) in [5.41, 5.74) is 0.259. The molecular formula is C18H9ClF3N3O2S. The zero-order chi connectivity index (χ0) is 19.9. The molecule has 2 aromatic carbocycles. The number of halogens is 4. The van der Waals surface area contributed by atoms with Crippen LogP contribution in [0, 0.1) is 0 Å². The van der Waals surface area contributed by atoms with Gasteiger partial charge in [-0.1, -0.05) is 23.7 Å². The fourth-order valence-electron chi connectivity index (χ4n) is 2.60. The Morgan fingerprint density at radius 1 is 1.18 bits per heavy atom. The number of benzene rings is 2. The molecule has 0 saturated carbocycles. The average Bonchev–Trinajstić information content (AvgIpc) is 3.29. The number of hydrogen-bond donors (Lipinski definition) is 1. The van der Waals surface area contributed by atoms with Crippen molar-refractivity contribution in [1.82, 2.24) is 10.2 Å². The summed E-state index contributed by atoms with van der Waals surface area (Å²) in [5.74, 6) is -0.238. The zero-order valence-electron chi connectivity index (χ0n) is 13.7. The molecule has 0 radical (unpaired) electrons. The number of nitrogens with zero attached hydrogens (tertiary/aromatic N) is 2. The highest BCUT2D eigenvalue weighted by Crippen LogP contribution is 2.39. The molecule has 5 nitrogen and oxygen atoms in total. The Hall–Kier alpha value is -2.91. The van der Waals surface area contributed by atoms with E-state index < -0.39 is 17.6 Å². The van der Waals surface area contributed by atoms with Gasteiger partial charge in [0.25, 0.3) is 5.91 Å². The minimum Gasteiger partial charge on any atom is -0.423 e. The lowest BCUT2D eigenvalue weighted by Crippen LogP contribution is -2.10. The Morgan fingerprint density at radius 3 is 2.71 bits per heavy atom. The van der Waals surface area contributed by atoms with E-state index >= 15 is 0 Å². The molecule has 4 rings (SSSR count). The summed E-state index contributed by atoms with van der Waals surface area (Å²) in [4.78, 5) is 12.7. The van der Waals surface area contributed by atoms with Gasteiger partial charge in [0, 0.05) is 21.3 Å². The van der Waals surface area contributed by atoms with E-state index in [0.29, 0.717) is 16.6 Å². The maximum atomic E-state index is 12.9. The maximum absolute atomic E-state index is 12.9. The van der Waals surface area contributed by atoms with Crippen molar-refractivity contribution in [3.63, 3.8) is 0 Å². The van der Waals surface area contributed by atoms with Gasteiger partial charge in [0.1, 0.15) is 4.88 Å². The molecule has 2 heterocycles. The van der Waals surface area contributed by atoms with Crippen molar-refractivity contribution in [3.8, 4) is 11.5 Å². The minimum atomic E-state index is -4.47. The van der Waals surface area contributed by atoms with Gasteiger partial charge < -0.3 is 9.73 Å². The van der Waals surface area contributed by atoms with E-state index in [0.717, 1.165) is 23.5 Å². The van der Waals surface area contributed by atoms with Crippen LogP contribution in [-0.4, -0.2) is 16.1 Å². The van der Waals surface area contributed by atoms with E-state index in [1.54, 1.807) is 24.3 Å². The van der Waals surface area contributed by atoms with E-state index in [9.17, 15) is 18.0 Å². The van der Waals surface area contributed by atoms with Gasteiger partial charge >= 0.3 is 6.18 Å². The minimum absolute atomic E-state index is 0.110. The first-order valence-corrected chi connectivity index (χ1v) is 8.99. The van der Waals surface area contributed by atoms with Crippen LogP contribution in [0.15, 0.2) is 53.3 Å². The summed E-state index contributed by atoms with van der Waals surface area (Å²) in [5, 5.41) is 10.6. The number of alkyl halides is 3. The number of nitrogens with one attached hydrogen (secondary N) is 1. The lowest BCUT2D eigenvalue weighted by atomic mass is 10.1. The predicted octanol–water partition coefficient (Wildman–Crippen LogP) is 5.88. The molecule has 28 heavy (non-hydrogen) atoms. The van der Waals surface area contributed by atoms with Gasteiger partial charge in [-0.3, -0.25) is 4.79 Å². The van der Waals surface area contributed by atoms with E-state index in [1.165, 1.54) is 12.5 Å². The number of fused-ring (bicyclic) bond motifs is 1. The molecule has 0 unspecified atom stereocenters. The summed E-state index contributed by atoms with van der Waals surface area (Å²) in [6, 6.07) is 9.90. The Balaban J connectivity index is 1.64. The number of amides is 1. The Kier molecular flexibility index (Phi) is 4.56. The van der Waals surface area contributed by atoms with Gasteiger partial charge in [-0.15, -0.1) is 21.5 Å². The lowest BCUT2D eigenvalue weighted by molar-refractivity contribution is -0.137. The first kappa shape index (κ1) is 18.5. The number of rotatable bonds is 3. The van der Waals surface area contributed by atoms with Crippen molar-refractivity contribution < 1.29 is 22.4 Å².